The van der Waals surface area contributed by atoms with E-state index in [1.165, 1.54) is 0 Å². The van der Waals surface area contributed by atoms with Gasteiger partial charge in [0.05, 0.1) is 6.54 Å². The fourth-order valence-electron chi connectivity index (χ4n) is 3.05. The first-order valence-corrected chi connectivity index (χ1v) is 7.62. The molecule has 0 spiro atoms. The van der Waals surface area contributed by atoms with Crippen LogP contribution in [0.3, 0.4) is 0 Å². The second-order valence-corrected chi connectivity index (χ2v) is 6.07. The van der Waals surface area contributed by atoms with Crippen molar-refractivity contribution in [1.82, 2.24) is 19.7 Å². The molecule has 2 aliphatic rings. The number of hydrogen-bond donors (Lipinski definition) is 0. The van der Waals surface area contributed by atoms with Gasteiger partial charge in [0.15, 0.2) is 11.9 Å². The lowest BCUT2D eigenvalue weighted by atomic mass is 10.1. The van der Waals surface area contributed by atoms with Gasteiger partial charge in [0.1, 0.15) is 11.6 Å². The molecule has 0 saturated heterocycles. The van der Waals surface area contributed by atoms with Crippen LogP contribution in [0.4, 0.5) is 0 Å². The molecule has 1 atom stereocenters. The average Bonchev–Trinajstić information content (AvgIpc) is 3.09. The molecule has 7 heteroatoms. The van der Waals surface area contributed by atoms with Gasteiger partial charge < -0.3 is 14.2 Å². The summed E-state index contributed by atoms with van der Waals surface area (Å²) < 4.78 is 7.83. The van der Waals surface area contributed by atoms with Gasteiger partial charge in [-0.3, -0.25) is 4.79 Å². The second-order valence-electron chi connectivity index (χ2n) is 5.64. The van der Waals surface area contributed by atoms with Crippen molar-refractivity contribution in [2.24, 2.45) is 0 Å². The molecule has 114 valence electrons. The van der Waals surface area contributed by atoms with Gasteiger partial charge in [0.25, 0.3) is 5.91 Å². The Morgan fingerprint density at radius 3 is 3.09 bits per heavy atom. The zero-order chi connectivity index (χ0) is 15.3. The molecular weight excluding hydrogens is 304 g/mol. The average molecular weight is 319 g/mol. The van der Waals surface area contributed by atoms with Crippen molar-refractivity contribution in [1.29, 1.82) is 0 Å². The Morgan fingerprint density at radius 1 is 1.36 bits per heavy atom. The molecule has 0 N–H and O–H groups in total. The summed E-state index contributed by atoms with van der Waals surface area (Å²) in [6, 6.07) is 5.46. The second kappa shape index (κ2) is 4.98. The van der Waals surface area contributed by atoms with Gasteiger partial charge in [0.2, 0.25) is 0 Å². The number of carbonyl (C=O) groups excluding carboxylic acids is 1. The molecular formula is C15H15ClN4O2. The van der Waals surface area contributed by atoms with Crippen LogP contribution in [0.25, 0.3) is 0 Å². The number of aromatic nitrogens is 3. The third-order valence-corrected chi connectivity index (χ3v) is 4.46. The van der Waals surface area contributed by atoms with E-state index in [2.05, 4.69) is 10.2 Å². The first-order valence-electron chi connectivity index (χ1n) is 7.24. The zero-order valence-electron chi connectivity index (χ0n) is 12.1. The minimum absolute atomic E-state index is 0.000717. The van der Waals surface area contributed by atoms with Gasteiger partial charge >= 0.3 is 0 Å². The lowest BCUT2D eigenvalue weighted by Gasteiger charge is -2.29. The fourth-order valence-corrected chi connectivity index (χ4v) is 3.24. The van der Waals surface area contributed by atoms with Gasteiger partial charge in [-0.15, -0.1) is 10.2 Å². The minimum Gasteiger partial charge on any atom is -0.480 e. The topological polar surface area (TPSA) is 60.2 Å². The van der Waals surface area contributed by atoms with E-state index in [1.807, 2.05) is 23.6 Å². The summed E-state index contributed by atoms with van der Waals surface area (Å²) in [5.74, 6) is 2.47. The molecule has 4 rings (SSSR count). The van der Waals surface area contributed by atoms with E-state index >= 15 is 0 Å². The summed E-state index contributed by atoms with van der Waals surface area (Å²) in [4.78, 5) is 14.5. The van der Waals surface area contributed by atoms with Crippen LogP contribution in [-0.4, -0.2) is 38.2 Å². The van der Waals surface area contributed by atoms with Crippen LogP contribution >= 0.6 is 11.6 Å². The SMILES string of the molecule is Cc1nnc2n1CCN(C(=O)[C@H]1Cc3cc(Cl)ccc3O1)C2. The maximum absolute atomic E-state index is 12.7. The molecule has 0 aliphatic carbocycles. The standard InChI is InChI=1S/C15H15ClN4O2/c1-9-17-18-14-8-19(4-5-20(9)14)15(21)13-7-10-6-11(16)2-3-12(10)22-13/h2-3,6,13H,4-5,7-8H2,1H3/t13-/m1/s1. The Morgan fingerprint density at radius 2 is 2.23 bits per heavy atom. The van der Waals surface area contributed by atoms with Crippen molar-refractivity contribution in [2.75, 3.05) is 6.54 Å². The number of hydrogen-bond acceptors (Lipinski definition) is 4. The Kier molecular flexibility index (Phi) is 3.07. The van der Waals surface area contributed by atoms with Gasteiger partial charge in [-0.25, -0.2) is 0 Å². The molecule has 22 heavy (non-hydrogen) atoms. The van der Waals surface area contributed by atoms with Crippen LogP contribution in [0.15, 0.2) is 18.2 Å². The molecule has 0 fully saturated rings. The largest absolute Gasteiger partial charge is 0.480 e. The highest BCUT2D eigenvalue weighted by atomic mass is 35.5. The predicted molar refractivity (Wildman–Crippen MR) is 79.7 cm³/mol. The number of rotatable bonds is 1. The predicted octanol–water partition coefficient (Wildman–Crippen LogP) is 1.59. The minimum atomic E-state index is -0.468. The van der Waals surface area contributed by atoms with Crippen LogP contribution in [0.2, 0.25) is 5.02 Å². The van der Waals surface area contributed by atoms with Gasteiger partial charge in [0, 0.05) is 24.5 Å². The van der Waals surface area contributed by atoms with Crippen molar-refractivity contribution in [3.63, 3.8) is 0 Å². The van der Waals surface area contributed by atoms with Crippen LogP contribution in [0, 0.1) is 6.92 Å². The van der Waals surface area contributed by atoms with Gasteiger partial charge in [-0.2, -0.15) is 0 Å². The summed E-state index contributed by atoms with van der Waals surface area (Å²) in [5.41, 5.74) is 0.988. The molecule has 1 aromatic carbocycles. The van der Waals surface area contributed by atoms with Crippen molar-refractivity contribution in [3.8, 4) is 5.75 Å². The van der Waals surface area contributed by atoms with Crippen LogP contribution in [0.1, 0.15) is 17.2 Å². The molecule has 2 aliphatic heterocycles. The maximum Gasteiger partial charge on any atom is 0.264 e. The van der Waals surface area contributed by atoms with E-state index in [1.54, 1.807) is 11.0 Å². The first kappa shape index (κ1) is 13.6. The lowest BCUT2D eigenvalue weighted by Crippen LogP contribution is -2.45. The van der Waals surface area contributed by atoms with Crippen LogP contribution in [-0.2, 0) is 24.3 Å². The molecule has 0 radical (unpaired) electrons. The number of ether oxygens (including phenoxy) is 1. The molecule has 0 saturated carbocycles. The summed E-state index contributed by atoms with van der Waals surface area (Å²) in [5, 5.41) is 8.85. The highest BCUT2D eigenvalue weighted by Crippen LogP contribution is 2.32. The molecule has 0 unspecified atom stereocenters. The summed E-state index contributed by atoms with van der Waals surface area (Å²) >= 11 is 5.99. The van der Waals surface area contributed by atoms with Gasteiger partial charge in [-0.1, -0.05) is 11.6 Å². The van der Waals surface area contributed by atoms with Crippen molar-refractivity contribution in [2.45, 2.75) is 32.5 Å². The molecule has 3 heterocycles. The quantitative estimate of drug-likeness (QED) is 0.801. The summed E-state index contributed by atoms with van der Waals surface area (Å²) in [6.45, 7) is 3.79. The Hall–Kier alpha value is -2.08. The number of fused-ring (bicyclic) bond motifs is 2. The fraction of sp³-hybridized carbons (Fsp3) is 0.400. The smallest absolute Gasteiger partial charge is 0.264 e. The Labute approximate surface area is 132 Å². The molecule has 1 amide bonds. The maximum atomic E-state index is 12.7. The Bertz CT molecular complexity index is 754. The van der Waals surface area contributed by atoms with E-state index in [0.717, 1.165) is 29.5 Å². The summed E-state index contributed by atoms with van der Waals surface area (Å²) in [7, 11) is 0. The van der Waals surface area contributed by atoms with E-state index in [0.29, 0.717) is 24.5 Å². The monoisotopic (exact) mass is 318 g/mol. The van der Waals surface area contributed by atoms with Crippen molar-refractivity contribution in [3.05, 3.63) is 40.4 Å². The van der Waals surface area contributed by atoms with E-state index in [4.69, 9.17) is 16.3 Å². The number of halogens is 1. The first-order chi connectivity index (χ1) is 10.6. The normalized spacial score (nSPS) is 19.5. The highest BCUT2D eigenvalue weighted by Gasteiger charge is 2.34. The zero-order valence-corrected chi connectivity index (χ0v) is 12.9. The van der Waals surface area contributed by atoms with E-state index < -0.39 is 6.10 Å². The number of nitrogens with zero attached hydrogens (tertiary/aromatic N) is 4. The van der Waals surface area contributed by atoms with Gasteiger partial charge in [-0.05, 0) is 30.7 Å². The molecule has 0 bridgehead atoms. The third kappa shape index (κ3) is 2.14. The third-order valence-electron chi connectivity index (χ3n) is 4.22. The van der Waals surface area contributed by atoms with Crippen LogP contribution < -0.4 is 4.74 Å². The number of amides is 1. The summed E-state index contributed by atoms with van der Waals surface area (Å²) in [6.07, 6.45) is 0.0979. The van der Waals surface area contributed by atoms with Crippen LogP contribution in [0.5, 0.6) is 5.75 Å². The van der Waals surface area contributed by atoms with Crippen molar-refractivity contribution >= 4 is 17.5 Å². The molecule has 1 aromatic heterocycles. The number of aryl methyl sites for hydroxylation is 1. The van der Waals surface area contributed by atoms with Crippen molar-refractivity contribution < 1.29 is 9.53 Å². The highest BCUT2D eigenvalue weighted by molar-refractivity contribution is 6.30. The van der Waals surface area contributed by atoms with E-state index in [9.17, 15) is 4.79 Å². The number of carbonyl (C=O) groups is 1. The molecule has 6 nitrogen and oxygen atoms in total. The number of benzene rings is 1. The lowest BCUT2D eigenvalue weighted by molar-refractivity contribution is -0.139. The Balaban J connectivity index is 1.50. The molecule has 2 aromatic rings. The van der Waals surface area contributed by atoms with E-state index in [-0.39, 0.29) is 5.91 Å².